The fraction of sp³-hybridized carbons (Fsp3) is 0.417. The van der Waals surface area contributed by atoms with E-state index < -0.39 is 0 Å². The lowest BCUT2D eigenvalue weighted by Gasteiger charge is -2.19. The molecular weight excluding hydrogens is 202 g/mol. The van der Waals surface area contributed by atoms with E-state index in [2.05, 4.69) is 11.0 Å². The molecule has 1 aromatic carbocycles. The van der Waals surface area contributed by atoms with Gasteiger partial charge >= 0.3 is 0 Å². The van der Waals surface area contributed by atoms with E-state index in [1.807, 2.05) is 12.1 Å². The Balaban J connectivity index is 2.31. The van der Waals surface area contributed by atoms with E-state index in [-0.39, 0.29) is 6.04 Å². The van der Waals surface area contributed by atoms with Crippen molar-refractivity contribution in [2.75, 3.05) is 25.1 Å². The van der Waals surface area contributed by atoms with E-state index in [1.165, 1.54) is 0 Å². The van der Waals surface area contributed by atoms with Gasteiger partial charge in [0.05, 0.1) is 18.4 Å². The second-order valence-corrected chi connectivity index (χ2v) is 3.99. The predicted octanol–water partition coefficient (Wildman–Crippen LogP) is 1.10. The number of hydrogen-bond acceptors (Lipinski definition) is 4. The first-order valence-corrected chi connectivity index (χ1v) is 5.33. The molecule has 2 N–H and O–H groups in total. The second kappa shape index (κ2) is 4.42. The molecule has 84 valence electrons. The number of nitrogens with zero attached hydrogens (tertiary/aromatic N) is 2. The number of hydrogen-bond donors (Lipinski definition) is 1. The van der Waals surface area contributed by atoms with Crippen molar-refractivity contribution >= 4 is 5.69 Å². The van der Waals surface area contributed by atoms with Crippen LogP contribution in [0, 0.1) is 11.3 Å². The van der Waals surface area contributed by atoms with Crippen LogP contribution in [0.15, 0.2) is 18.2 Å². The van der Waals surface area contributed by atoms with Gasteiger partial charge in [-0.2, -0.15) is 5.26 Å². The average molecular weight is 217 g/mol. The zero-order valence-electron chi connectivity index (χ0n) is 9.31. The molecule has 0 aliphatic carbocycles. The fourth-order valence-corrected chi connectivity index (χ4v) is 2.01. The molecule has 0 radical (unpaired) electrons. The Morgan fingerprint density at radius 2 is 2.38 bits per heavy atom. The highest BCUT2D eigenvalue weighted by Crippen LogP contribution is 2.27. The van der Waals surface area contributed by atoms with Gasteiger partial charge in [0.25, 0.3) is 0 Å². The van der Waals surface area contributed by atoms with E-state index in [0.29, 0.717) is 11.3 Å². The van der Waals surface area contributed by atoms with Gasteiger partial charge in [0.15, 0.2) is 0 Å². The van der Waals surface area contributed by atoms with E-state index >= 15 is 0 Å². The summed E-state index contributed by atoms with van der Waals surface area (Å²) in [5.74, 6) is 0.712. The molecule has 0 bridgehead atoms. The van der Waals surface area contributed by atoms with Crippen LogP contribution in [0.5, 0.6) is 5.75 Å². The number of ether oxygens (including phenoxy) is 1. The van der Waals surface area contributed by atoms with Crippen molar-refractivity contribution in [1.82, 2.24) is 0 Å². The van der Waals surface area contributed by atoms with Crippen LogP contribution < -0.4 is 15.4 Å². The molecule has 1 heterocycles. The van der Waals surface area contributed by atoms with Crippen molar-refractivity contribution in [3.05, 3.63) is 23.8 Å². The molecule has 1 aliphatic heterocycles. The number of nitrogens with two attached hydrogens (primary N) is 1. The first kappa shape index (κ1) is 10.8. The van der Waals surface area contributed by atoms with Crippen molar-refractivity contribution in [3.63, 3.8) is 0 Å². The highest BCUT2D eigenvalue weighted by atomic mass is 16.5. The van der Waals surface area contributed by atoms with E-state index in [9.17, 15) is 0 Å². The molecule has 2 rings (SSSR count). The summed E-state index contributed by atoms with van der Waals surface area (Å²) in [7, 11) is 1.60. The minimum absolute atomic E-state index is 0.216. The Labute approximate surface area is 95.2 Å². The van der Waals surface area contributed by atoms with Gasteiger partial charge in [-0.3, -0.25) is 0 Å². The zero-order valence-corrected chi connectivity index (χ0v) is 9.31. The highest BCUT2D eigenvalue weighted by molar-refractivity contribution is 5.62. The van der Waals surface area contributed by atoms with Gasteiger partial charge in [-0.15, -0.1) is 0 Å². The molecule has 4 nitrogen and oxygen atoms in total. The summed E-state index contributed by atoms with van der Waals surface area (Å²) in [6.07, 6.45) is 0.983. The van der Waals surface area contributed by atoms with Gasteiger partial charge in [0, 0.05) is 19.1 Å². The first-order chi connectivity index (χ1) is 7.74. The largest absolute Gasteiger partial charge is 0.497 e. The van der Waals surface area contributed by atoms with Gasteiger partial charge in [-0.1, -0.05) is 0 Å². The van der Waals surface area contributed by atoms with Crippen LogP contribution in [-0.4, -0.2) is 26.2 Å². The Kier molecular flexibility index (Phi) is 2.97. The summed E-state index contributed by atoms with van der Waals surface area (Å²) in [4.78, 5) is 2.16. The summed E-state index contributed by atoms with van der Waals surface area (Å²) >= 11 is 0. The number of benzene rings is 1. The number of rotatable bonds is 2. The maximum Gasteiger partial charge on any atom is 0.120 e. The molecule has 0 amide bonds. The van der Waals surface area contributed by atoms with Crippen LogP contribution in [0.3, 0.4) is 0 Å². The minimum atomic E-state index is 0.216. The maximum absolute atomic E-state index is 9.10. The van der Waals surface area contributed by atoms with Gasteiger partial charge in [0.1, 0.15) is 11.8 Å². The Morgan fingerprint density at radius 1 is 1.56 bits per heavy atom. The number of methoxy groups -OCH3 is 1. The molecule has 0 spiro atoms. The highest BCUT2D eigenvalue weighted by Gasteiger charge is 2.21. The molecule has 1 fully saturated rings. The van der Waals surface area contributed by atoms with E-state index in [0.717, 1.165) is 25.2 Å². The summed E-state index contributed by atoms with van der Waals surface area (Å²) in [6.45, 7) is 1.74. The molecule has 16 heavy (non-hydrogen) atoms. The van der Waals surface area contributed by atoms with Gasteiger partial charge in [-0.25, -0.2) is 0 Å². The van der Waals surface area contributed by atoms with Gasteiger partial charge in [-0.05, 0) is 24.6 Å². The summed E-state index contributed by atoms with van der Waals surface area (Å²) in [5, 5.41) is 9.10. The van der Waals surface area contributed by atoms with Gasteiger partial charge in [0.2, 0.25) is 0 Å². The van der Waals surface area contributed by atoms with Crippen LogP contribution in [0.25, 0.3) is 0 Å². The maximum atomic E-state index is 9.10. The summed E-state index contributed by atoms with van der Waals surface area (Å²) < 4.78 is 5.10. The van der Waals surface area contributed by atoms with Crippen LogP contribution in [0.4, 0.5) is 5.69 Å². The van der Waals surface area contributed by atoms with Crippen molar-refractivity contribution in [1.29, 1.82) is 5.26 Å². The number of anilines is 1. The zero-order chi connectivity index (χ0) is 11.5. The number of nitriles is 1. The molecular formula is C12H15N3O. The van der Waals surface area contributed by atoms with Gasteiger partial charge < -0.3 is 15.4 Å². The Bertz CT molecular complexity index is 425. The summed E-state index contributed by atoms with van der Waals surface area (Å²) in [6, 6.07) is 7.98. The lowest BCUT2D eigenvalue weighted by atomic mass is 10.1. The molecule has 1 aromatic rings. The predicted molar refractivity (Wildman–Crippen MR) is 62.5 cm³/mol. The smallest absolute Gasteiger partial charge is 0.120 e. The first-order valence-electron chi connectivity index (χ1n) is 5.33. The topological polar surface area (TPSA) is 62.3 Å². The standard InChI is InChI=1S/C12H15N3O/c1-16-11-2-3-12(9(6-11)7-13)15-5-4-10(14)8-15/h2-3,6,10H,4-5,8,14H2,1H3. The van der Waals surface area contributed by atoms with Crippen molar-refractivity contribution in [2.45, 2.75) is 12.5 Å². The van der Waals surface area contributed by atoms with Crippen LogP contribution in [0.1, 0.15) is 12.0 Å². The molecule has 1 aliphatic rings. The van der Waals surface area contributed by atoms with Crippen LogP contribution >= 0.6 is 0 Å². The Morgan fingerprint density at radius 3 is 2.94 bits per heavy atom. The normalized spacial score (nSPS) is 19.6. The SMILES string of the molecule is COc1ccc(N2CCC(N)C2)c(C#N)c1. The molecule has 1 saturated heterocycles. The van der Waals surface area contributed by atoms with Crippen molar-refractivity contribution < 1.29 is 4.74 Å². The molecule has 4 heteroatoms. The third-order valence-electron chi connectivity index (χ3n) is 2.89. The molecule has 1 atom stereocenters. The monoisotopic (exact) mass is 217 g/mol. The quantitative estimate of drug-likeness (QED) is 0.806. The Hall–Kier alpha value is -1.73. The van der Waals surface area contributed by atoms with Crippen LogP contribution in [0.2, 0.25) is 0 Å². The fourth-order valence-electron chi connectivity index (χ4n) is 2.01. The molecule has 0 aromatic heterocycles. The molecule has 1 unspecified atom stereocenters. The van der Waals surface area contributed by atoms with E-state index in [1.54, 1.807) is 13.2 Å². The third kappa shape index (κ3) is 1.95. The molecule has 0 saturated carbocycles. The van der Waals surface area contributed by atoms with Crippen molar-refractivity contribution in [2.24, 2.45) is 5.73 Å². The van der Waals surface area contributed by atoms with Crippen LogP contribution in [-0.2, 0) is 0 Å². The third-order valence-corrected chi connectivity index (χ3v) is 2.89. The lowest BCUT2D eigenvalue weighted by Crippen LogP contribution is -2.26. The average Bonchev–Trinajstić information content (AvgIpc) is 2.74. The van der Waals surface area contributed by atoms with E-state index in [4.69, 9.17) is 15.7 Å². The second-order valence-electron chi connectivity index (χ2n) is 3.99. The van der Waals surface area contributed by atoms with Crippen molar-refractivity contribution in [3.8, 4) is 11.8 Å². The lowest BCUT2D eigenvalue weighted by molar-refractivity contribution is 0.414. The minimum Gasteiger partial charge on any atom is -0.497 e. The summed E-state index contributed by atoms with van der Waals surface area (Å²) in [5.41, 5.74) is 7.46.